The molecule has 0 atom stereocenters. The number of aromatic nitrogens is 2. The molecule has 2 aliphatic carbocycles. The lowest BCUT2D eigenvalue weighted by atomic mass is 10.0. The number of nitrogens with zero attached hydrogens (tertiary/aromatic N) is 2. The van der Waals surface area contributed by atoms with Crippen LogP contribution in [0.25, 0.3) is 0 Å². The second-order valence-corrected chi connectivity index (χ2v) is 6.73. The molecule has 2 saturated carbocycles. The first-order chi connectivity index (χ1) is 8.10. The molecular weight excluding hydrogens is 300 g/mol. The van der Waals surface area contributed by atoms with Crippen molar-refractivity contribution in [3.63, 3.8) is 0 Å². The van der Waals surface area contributed by atoms with Gasteiger partial charge in [0.15, 0.2) is 0 Å². The van der Waals surface area contributed by atoms with E-state index in [2.05, 4.69) is 27.8 Å². The maximum absolute atomic E-state index is 6.23. The summed E-state index contributed by atoms with van der Waals surface area (Å²) >= 11 is 9.79. The van der Waals surface area contributed by atoms with Crippen molar-refractivity contribution in [2.75, 3.05) is 0 Å². The van der Waals surface area contributed by atoms with E-state index < -0.39 is 0 Å². The maximum Gasteiger partial charge on any atom is 0.147 e. The van der Waals surface area contributed by atoms with Crippen LogP contribution in [-0.2, 0) is 5.41 Å². The lowest BCUT2D eigenvalue weighted by Gasteiger charge is -2.15. The summed E-state index contributed by atoms with van der Waals surface area (Å²) < 4.78 is 0.916. The van der Waals surface area contributed by atoms with Crippen LogP contribution in [0, 0.1) is 0 Å². The molecule has 2 nitrogen and oxygen atoms in total. The second kappa shape index (κ2) is 4.20. The van der Waals surface area contributed by atoms with Gasteiger partial charge < -0.3 is 0 Å². The molecule has 0 radical (unpaired) electrons. The Bertz CT molecular complexity index is 451. The molecule has 1 aromatic heterocycles. The third-order valence-electron chi connectivity index (χ3n) is 4.12. The van der Waals surface area contributed by atoms with E-state index in [9.17, 15) is 0 Å². The zero-order valence-electron chi connectivity index (χ0n) is 9.97. The minimum atomic E-state index is 0.192. The van der Waals surface area contributed by atoms with Gasteiger partial charge in [0.1, 0.15) is 11.0 Å². The van der Waals surface area contributed by atoms with Crippen LogP contribution in [0.15, 0.2) is 4.47 Å². The molecule has 0 aromatic carbocycles. The maximum atomic E-state index is 6.23. The van der Waals surface area contributed by atoms with Crippen molar-refractivity contribution in [1.82, 2.24) is 9.97 Å². The van der Waals surface area contributed by atoms with Crippen LogP contribution in [-0.4, -0.2) is 9.97 Å². The van der Waals surface area contributed by atoms with Crippen LogP contribution in [0.2, 0.25) is 5.15 Å². The molecule has 17 heavy (non-hydrogen) atoms. The highest BCUT2D eigenvalue weighted by Gasteiger charge is 2.43. The van der Waals surface area contributed by atoms with Crippen LogP contribution >= 0.6 is 27.5 Å². The quantitative estimate of drug-likeness (QED) is 0.745. The van der Waals surface area contributed by atoms with Gasteiger partial charge in [-0.2, -0.15) is 0 Å². The molecule has 0 saturated heterocycles. The van der Waals surface area contributed by atoms with Crippen molar-refractivity contribution in [3.05, 3.63) is 21.1 Å². The first kappa shape index (κ1) is 11.9. The fraction of sp³-hybridized carbons (Fsp3) is 0.692. The summed E-state index contributed by atoms with van der Waals surface area (Å²) in [6, 6.07) is 0. The summed E-state index contributed by atoms with van der Waals surface area (Å²) in [7, 11) is 0. The highest BCUT2D eigenvalue weighted by molar-refractivity contribution is 9.10. The monoisotopic (exact) mass is 314 g/mol. The summed E-state index contributed by atoms with van der Waals surface area (Å²) in [5, 5.41) is 0.588. The Morgan fingerprint density at radius 3 is 2.47 bits per heavy atom. The minimum absolute atomic E-state index is 0.192. The van der Waals surface area contributed by atoms with E-state index in [1.807, 2.05) is 0 Å². The van der Waals surface area contributed by atoms with Gasteiger partial charge in [-0.25, -0.2) is 9.97 Å². The third-order valence-corrected chi connectivity index (χ3v) is 5.40. The fourth-order valence-corrected chi connectivity index (χ4v) is 3.26. The summed E-state index contributed by atoms with van der Waals surface area (Å²) in [6.45, 7) is 2.23. The Labute approximate surface area is 115 Å². The van der Waals surface area contributed by atoms with Gasteiger partial charge in [0.25, 0.3) is 0 Å². The van der Waals surface area contributed by atoms with Crippen molar-refractivity contribution < 1.29 is 0 Å². The Kier molecular flexibility index (Phi) is 2.94. The Hall–Kier alpha value is -0.150. The van der Waals surface area contributed by atoms with E-state index in [4.69, 9.17) is 16.6 Å². The first-order valence-corrected chi connectivity index (χ1v) is 7.51. The van der Waals surface area contributed by atoms with E-state index in [1.54, 1.807) is 0 Å². The molecule has 4 heteroatoms. The van der Waals surface area contributed by atoms with Gasteiger partial charge in [0.05, 0.1) is 10.2 Å². The summed E-state index contributed by atoms with van der Waals surface area (Å²) in [4.78, 5) is 9.25. The Balaban J connectivity index is 2.03. The normalized spacial score (nSPS) is 23.0. The second-order valence-electron chi connectivity index (χ2n) is 5.58. The van der Waals surface area contributed by atoms with Gasteiger partial charge in [-0.3, -0.25) is 0 Å². The summed E-state index contributed by atoms with van der Waals surface area (Å²) in [6.07, 6.45) is 7.48. The lowest BCUT2D eigenvalue weighted by molar-refractivity contribution is 0.645. The van der Waals surface area contributed by atoms with Gasteiger partial charge in [-0.1, -0.05) is 31.4 Å². The van der Waals surface area contributed by atoms with Crippen LogP contribution in [0.5, 0.6) is 0 Å². The standard InChI is InChI=1S/C13H16BrClN2/c1-13(6-7-13)12-16-10(8-4-2-3-5-8)9(14)11(15)17-12/h8H,2-7H2,1H3. The number of hydrogen-bond acceptors (Lipinski definition) is 2. The van der Waals surface area contributed by atoms with Gasteiger partial charge in [0, 0.05) is 11.3 Å². The molecule has 0 aliphatic heterocycles. The van der Waals surface area contributed by atoms with Gasteiger partial charge in [0.2, 0.25) is 0 Å². The Morgan fingerprint density at radius 2 is 1.88 bits per heavy atom. The van der Waals surface area contributed by atoms with Crippen molar-refractivity contribution in [2.24, 2.45) is 0 Å². The number of rotatable bonds is 2. The largest absolute Gasteiger partial charge is 0.236 e. The van der Waals surface area contributed by atoms with E-state index in [0.717, 1.165) is 16.0 Å². The predicted octanol–water partition coefficient (Wildman–Crippen LogP) is 4.60. The van der Waals surface area contributed by atoms with E-state index in [0.29, 0.717) is 11.1 Å². The van der Waals surface area contributed by atoms with E-state index in [-0.39, 0.29) is 5.41 Å². The van der Waals surface area contributed by atoms with Crippen molar-refractivity contribution in [1.29, 1.82) is 0 Å². The van der Waals surface area contributed by atoms with E-state index >= 15 is 0 Å². The minimum Gasteiger partial charge on any atom is -0.236 e. The first-order valence-electron chi connectivity index (χ1n) is 6.33. The molecule has 0 unspecified atom stereocenters. The SMILES string of the molecule is CC1(c2nc(Cl)c(Br)c(C3CCCC3)n2)CC1. The van der Waals surface area contributed by atoms with Crippen LogP contribution in [0.1, 0.15) is 62.9 Å². The molecular formula is C13H16BrClN2. The molecule has 0 bridgehead atoms. The predicted molar refractivity (Wildman–Crippen MR) is 72.5 cm³/mol. The van der Waals surface area contributed by atoms with Crippen molar-refractivity contribution in [2.45, 2.75) is 56.8 Å². The molecule has 1 aromatic rings. The molecule has 0 spiro atoms. The number of halogens is 2. The molecule has 0 amide bonds. The molecule has 3 rings (SSSR count). The zero-order chi connectivity index (χ0) is 12.0. The highest BCUT2D eigenvalue weighted by Crippen LogP contribution is 2.48. The smallest absolute Gasteiger partial charge is 0.147 e. The highest BCUT2D eigenvalue weighted by atomic mass is 79.9. The molecule has 92 valence electrons. The topological polar surface area (TPSA) is 25.8 Å². The molecule has 0 N–H and O–H groups in total. The van der Waals surface area contributed by atoms with Gasteiger partial charge in [-0.15, -0.1) is 0 Å². The molecule has 1 heterocycles. The fourth-order valence-electron chi connectivity index (χ4n) is 2.59. The number of hydrogen-bond donors (Lipinski definition) is 0. The lowest BCUT2D eigenvalue weighted by Crippen LogP contribution is -2.11. The van der Waals surface area contributed by atoms with Gasteiger partial charge >= 0.3 is 0 Å². The average Bonchev–Trinajstić information content (AvgIpc) is 2.85. The summed E-state index contributed by atoms with van der Waals surface area (Å²) in [5.41, 5.74) is 1.34. The summed E-state index contributed by atoms with van der Waals surface area (Å²) in [5.74, 6) is 1.53. The van der Waals surface area contributed by atoms with Crippen molar-refractivity contribution in [3.8, 4) is 0 Å². The zero-order valence-corrected chi connectivity index (χ0v) is 12.3. The average molecular weight is 316 g/mol. The third kappa shape index (κ3) is 2.12. The van der Waals surface area contributed by atoms with Crippen LogP contribution in [0.3, 0.4) is 0 Å². The van der Waals surface area contributed by atoms with Crippen LogP contribution in [0.4, 0.5) is 0 Å². The van der Waals surface area contributed by atoms with Gasteiger partial charge in [-0.05, 0) is 41.6 Å². The molecule has 2 aliphatic rings. The molecule has 2 fully saturated rings. The Morgan fingerprint density at radius 1 is 1.24 bits per heavy atom. The van der Waals surface area contributed by atoms with E-state index in [1.165, 1.54) is 38.5 Å². The van der Waals surface area contributed by atoms with Crippen molar-refractivity contribution >= 4 is 27.5 Å². The van der Waals surface area contributed by atoms with Crippen LogP contribution < -0.4 is 0 Å².